The fraction of sp³-hybridized carbons (Fsp3) is 1.00. The predicted octanol–water partition coefficient (Wildman–Crippen LogP) is -0.890. The van der Waals surface area contributed by atoms with Gasteiger partial charge in [0, 0.05) is 13.5 Å². The Balaban J connectivity index is 2.37. The molecule has 0 aromatic carbocycles. The zero-order valence-electron chi connectivity index (χ0n) is 6.69. The highest BCUT2D eigenvalue weighted by molar-refractivity contribution is 4.81. The second-order valence-electron chi connectivity index (χ2n) is 2.81. The lowest BCUT2D eigenvalue weighted by atomic mass is 10.0. The molecule has 11 heavy (non-hydrogen) atoms. The number of hydrogen-bond donors (Lipinski definition) is 2. The molecule has 3 N–H and O–H groups in total. The smallest absolute Gasteiger partial charge is 0.0831 e. The van der Waals surface area contributed by atoms with Crippen LogP contribution in [-0.2, 0) is 9.47 Å². The quantitative estimate of drug-likeness (QED) is 0.551. The Kier molecular flexibility index (Phi) is 3.26. The van der Waals surface area contributed by atoms with Gasteiger partial charge < -0.3 is 20.3 Å². The average molecular weight is 161 g/mol. The molecule has 0 aromatic rings. The maximum absolute atomic E-state index is 8.77. The molecule has 1 fully saturated rings. The summed E-state index contributed by atoms with van der Waals surface area (Å²) >= 11 is 0. The van der Waals surface area contributed by atoms with Crippen molar-refractivity contribution in [3.05, 3.63) is 0 Å². The molecule has 0 spiro atoms. The first-order valence-corrected chi connectivity index (χ1v) is 3.78. The maximum atomic E-state index is 8.77. The molecule has 1 saturated heterocycles. The molecule has 0 aliphatic carbocycles. The third-order valence-electron chi connectivity index (χ3n) is 2.00. The van der Waals surface area contributed by atoms with Gasteiger partial charge >= 0.3 is 0 Å². The van der Waals surface area contributed by atoms with Crippen molar-refractivity contribution in [1.82, 2.24) is 0 Å². The number of methoxy groups -OCH3 is 1. The van der Waals surface area contributed by atoms with Crippen molar-refractivity contribution < 1.29 is 14.6 Å². The molecule has 1 aliphatic rings. The first-order chi connectivity index (χ1) is 5.27. The van der Waals surface area contributed by atoms with E-state index in [1.54, 1.807) is 7.11 Å². The second-order valence-corrected chi connectivity index (χ2v) is 2.81. The zero-order chi connectivity index (χ0) is 8.27. The van der Waals surface area contributed by atoms with Crippen molar-refractivity contribution >= 4 is 0 Å². The second kappa shape index (κ2) is 4.01. The van der Waals surface area contributed by atoms with Gasteiger partial charge in [-0.25, -0.2) is 0 Å². The van der Waals surface area contributed by atoms with E-state index in [1.807, 2.05) is 0 Å². The van der Waals surface area contributed by atoms with Crippen LogP contribution >= 0.6 is 0 Å². The molecule has 0 amide bonds. The van der Waals surface area contributed by atoms with E-state index in [4.69, 9.17) is 20.3 Å². The number of nitrogens with two attached hydrogens (primary N) is 1. The molecular formula is C7H15NO3. The lowest BCUT2D eigenvalue weighted by Gasteiger charge is -2.32. The van der Waals surface area contributed by atoms with E-state index in [9.17, 15) is 0 Å². The monoisotopic (exact) mass is 161 g/mol. The Morgan fingerprint density at radius 2 is 2.45 bits per heavy atom. The minimum absolute atomic E-state index is 0.0286. The lowest BCUT2D eigenvalue weighted by molar-refractivity contribution is -0.0873. The summed E-state index contributed by atoms with van der Waals surface area (Å²) in [4.78, 5) is 0. The molecule has 0 saturated carbocycles. The molecule has 66 valence electrons. The average Bonchev–Trinajstić information content (AvgIpc) is 2.05. The normalized spacial score (nSPS) is 39.0. The molecular weight excluding hydrogens is 146 g/mol. The fourth-order valence-electron chi connectivity index (χ4n) is 1.25. The van der Waals surface area contributed by atoms with Crippen LogP contribution in [0.25, 0.3) is 0 Å². The summed E-state index contributed by atoms with van der Waals surface area (Å²) < 4.78 is 10.3. The molecule has 1 heterocycles. The topological polar surface area (TPSA) is 64.7 Å². The van der Waals surface area contributed by atoms with Crippen molar-refractivity contribution in [3.8, 4) is 0 Å². The minimum atomic E-state index is -0.0975. The van der Waals surface area contributed by atoms with Crippen molar-refractivity contribution in [2.75, 3.05) is 20.3 Å². The summed E-state index contributed by atoms with van der Waals surface area (Å²) in [6.45, 7) is 0.524. The van der Waals surface area contributed by atoms with Crippen LogP contribution in [0.5, 0.6) is 0 Å². The van der Waals surface area contributed by atoms with E-state index in [2.05, 4.69) is 0 Å². The fourth-order valence-corrected chi connectivity index (χ4v) is 1.25. The SMILES string of the molecule is COC1CC(CO)OCC1N. The molecule has 3 atom stereocenters. The van der Waals surface area contributed by atoms with Crippen LogP contribution in [0.3, 0.4) is 0 Å². The molecule has 3 unspecified atom stereocenters. The lowest BCUT2D eigenvalue weighted by Crippen LogP contribution is -2.48. The van der Waals surface area contributed by atoms with Crippen molar-refractivity contribution in [2.45, 2.75) is 24.7 Å². The third-order valence-corrected chi connectivity index (χ3v) is 2.00. The van der Waals surface area contributed by atoms with Gasteiger partial charge in [0.05, 0.1) is 31.5 Å². The molecule has 0 aromatic heterocycles. The Bertz CT molecular complexity index is 120. The summed E-state index contributed by atoms with van der Waals surface area (Å²) in [7, 11) is 1.63. The van der Waals surface area contributed by atoms with Gasteiger partial charge in [-0.3, -0.25) is 0 Å². The third kappa shape index (κ3) is 2.13. The van der Waals surface area contributed by atoms with Crippen LogP contribution in [0.15, 0.2) is 0 Å². The summed E-state index contributed by atoms with van der Waals surface area (Å²) in [5.74, 6) is 0. The van der Waals surface area contributed by atoms with Crippen LogP contribution in [0, 0.1) is 0 Å². The molecule has 4 nitrogen and oxygen atoms in total. The predicted molar refractivity (Wildman–Crippen MR) is 40.2 cm³/mol. The molecule has 0 radical (unpaired) electrons. The van der Waals surface area contributed by atoms with Crippen LogP contribution in [0.4, 0.5) is 0 Å². The Labute approximate surface area is 66.3 Å². The number of aliphatic hydroxyl groups excluding tert-OH is 1. The molecule has 4 heteroatoms. The first-order valence-electron chi connectivity index (χ1n) is 3.78. The van der Waals surface area contributed by atoms with Crippen LogP contribution < -0.4 is 5.73 Å². The van der Waals surface area contributed by atoms with Gasteiger partial charge in [-0.2, -0.15) is 0 Å². The minimum Gasteiger partial charge on any atom is -0.394 e. The van der Waals surface area contributed by atoms with E-state index in [0.717, 1.165) is 0 Å². The summed E-state index contributed by atoms with van der Waals surface area (Å²) in [5.41, 5.74) is 5.67. The van der Waals surface area contributed by atoms with Crippen LogP contribution in [0.2, 0.25) is 0 Å². The number of hydrogen-bond acceptors (Lipinski definition) is 4. The first kappa shape index (κ1) is 8.93. The van der Waals surface area contributed by atoms with Crippen molar-refractivity contribution in [3.63, 3.8) is 0 Å². The van der Waals surface area contributed by atoms with Gasteiger partial charge in [0.1, 0.15) is 0 Å². The van der Waals surface area contributed by atoms with E-state index < -0.39 is 0 Å². The highest BCUT2D eigenvalue weighted by Gasteiger charge is 2.27. The zero-order valence-corrected chi connectivity index (χ0v) is 6.69. The number of aliphatic hydroxyl groups is 1. The van der Waals surface area contributed by atoms with E-state index >= 15 is 0 Å². The van der Waals surface area contributed by atoms with E-state index in [0.29, 0.717) is 13.0 Å². The molecule has 1 rings (SSSR count). The highest BCUT2D eigenvalue weighted by Crippen LogP contribution is 2.14. The van der Waals surface area contributed by atoms with E-state index in [-0.39, 0.29) is 24.9 Å². The van der Waals surface area contributed by atoms with Crippen LogP contribution in [0.1, 0.15) is 6.42 Å². The Morgan fingerprint density at radius 1 is 1.73 bits per heavy atom. The summed E-state index contributed by atoms with van der Waals surface area (Å²) in [6, 6.07) is -0.0530. The number of rotatable bonds is 2. The van der Waals surface area contributed by atoms with Crippen molar-refractivity contribution in [1.29, 1.82) is 0 Å². The largest absolute Gasteiger partial charge is 0.394 e. The van der Waals surface area contributed by atoms with Gasteiger partial charge in [-0.15, -0.1) is 0 Å². The summed E-state index contributed by atoms with van der Waals surface area (Å²) in [6.07, 6.45) is 0.620. The Hall–Kier alpha value is -0.160. The Morgan fingerprint density at radius 3 is 3.00 bits per heavy atom. The summed E-state index contributed by atoms with van der Waals surface area (Å²) in [5, 5.41) is 8.77. The standard InChI is InChI=1S/C7H15NO3/c1-10-7-2-5(3-9)11-4-6(7)8/h5-7,9H,2-4,8H2,1H3. The molecule has 0 bridgehead atoms. The van der Waals surface area contributed by atoms with Crippen LogP contribution in [-0.4, -0.2) is 43.7 Å². The van der Waals surface area contributed by atoms with Gasteiger partial charge in [0.15, 0.2) is 0 Å². The van der Waals surface area contributed by atoms with Gasteiger partial charge in [-0.05, 0) is 0 Å². The van der Waals surface area contributed by atoms with Gasteiger partial charge in [0.25, 0.3) is 0 Å². The van der Waals surface area contributed by atoms with Gasteiger partial charge in [-0.1, -0.05) is 0 Å². The van der Waals surface area contributed by atoms with E-state index in [1.165, 1.54) is 0 Å². The molecule has 1 aliphatic heterocycles. The highest BCUT2D eigenvalue weighted by atomic mass is 16.5. The maximum Gasteiger partial charge on any atom is 0.0831 e. The number of ether oxygens (including phenoxy) is 2. The van der Waals surface area contributed by atoms with Crippen molar-refractivity contribution in [2.24, 2.45) is 5.73 Å². The van der Waals surface area contributed by atoms with Gasteiger partial charge in [0.2, 0.25) is 0 Å².